The molecule has 100 valence electrons. The van der Waals surface area contributed by atoms with Gasteiger partial charge in [-0.2, -0.15) is 0 Å². The summed E-state index contributed by atoms with van der Waals surface area (Å²) in [4.78, 5) is 15.3. The Morgan fingerprint density at radius 3 is 2.83 bits per heavy atom. The molecule has 0 aromatic carbocycles. The molecule has 0 aliphatic rings. The van der Waals surface area contributed by atoms with Gasteiger partial charge in [-0.1, -0.05) is 26.2 Å². The molecular weight excluding hydrogens is 228 g/mol. The first-order valence-corrected chi connectivity index (χ1v) is 6.36. The number of nitrogens with zero attached hydrogens (tertiary/aromatic N) is 1. The van der Waals surface area contributed by atoms with Gasteiger partial charge in [-0.3, -0.25) is 4.79 Å². The number of primary amides is 1. The Hall–Kier alpha value is -1.78. The number of aromatic nitrogens is 1. The number of hydrogen-bond acceptors (Lipinski definition) is 4. The van der Waals surface area contributed by atoms with Crippen LogP contribution in [0, 0.1) is 0 Å². The Kier molecular flexibility index (Phi) is 5.42. The summed E-state index contributed by atoms with van der Waals surface area (Å²) in [5.41, 5.74) is 11.5. The third-order valence-electron chi connectivity index (χ3n) is 2.84. The van der Waals surface area contributed by atoms with E-state index in [0.717, 1.165) is 6.42 Å². The van der Waals surface area contributed by atoms with E-state index in [4.69, 9.17) is 11.5 Å². The van der Waals surface area contributed by atoms with Crippen molar-refractivity contribution in [2.75, 3.05) is 11.1 Å². The van der Waals surface area contributed by atoms with Crippen molar-refractivity contribution in [2.24, 2.45) is 5.73 Å². The summed E-state index contributed by atoms with van der Waals surface area (Å²) in [5.74, 6) is 0.110. The number of nitrogens with one attached hydrogen (secondary N) is 1. The van der Waals surface area contributed by atoms with E-state index in [1.54, 1.807) is 6.07 Å². The van der Waals surface area contributed by atoms with Gasteiger partial charge in [0.2, 0.25) is 0 Å². The van der Waals surface area contributed by atoms with E-state index >= 15 is 0 Å². The lowest BCUT2D eigenvalue weighted by Gasteiger charge is -2.15. The van der Waals surface area contributed by atoms with Gasteiger partial charge in [0.25, 0.3) is 5.91 Å². The van der Waals surface area contributed by atoms with Gasteiger partial charge in [0.1, 0.15) is 5.82 Å². The number of pyridine rings is 1. The van der Waals surface area contributed by atoms with Crippen LogP contribution in [0.1, 0.15) is 49.9 Å². The number of rotatable bonds is 7. The largest absolute Gasteiger partial charge is 0.397 e. The molecule has 1 atom stereocenters. The maximum atomic E-state index is 11.2. The predicted octanol–water partition coefficient (Wildman–Crippen LogP) is 2.14. The molecular formula is C13H22N4O. The summed E-state index contributed by atoms with van der Waals surface area (Å²) in [7, 11) is 0. The standard InChI is InChI=1S/C13H22N4O/c1-3-4-5-6-9(2)17-12-7-10(13(15)18)11(14)8-16-12/h7-9H,3-6,14H2,1-2H3,(H2,15,18)(H,16,17). The fourth-order valence-electron chi connectivity index (χ4n) is 1.78. The van der Waals surface area contributed by atoms with Gasteiger partial charge >= 0.3 is 0 Å². The van der Waals surface area contributed by atoms with Gasteiger partial charge in [0.05, 0.1) is 17.4 Å². The summed E-state index contributed by atoms with van der Waals surface area (Å²) in [5, 5.41) is 3.25. The van der Waals surface area contributed by atoms with E-state index < -0.39 is 5.91 Å². The highest BCUT2D eigenvalue weighted by Crippen LogP contribution is 2.16. The van der Waals surface area contributed by atoms with Crippen molar-refractivity contribution >= 4 is 17.4 Å². The second-order valence-electron chi connectivity index (χ2n) is 4.56. The monoisotopic (exact) mass is 250 g/mol. The molecule has 0 fully saturated rings. The lowest BCUT2D eigenvalue weighted by Crippen LogP contribution is -2.18. The molecule has 0 saturated carbocycles. The first kappa shape index (κ1) is 14.3. The van der Waals surface area contributed by atoms with E-state index in [1.165, 1.54) is 25.5 Å². The topological polar surface area (TPSA) is 94.0 Å². The SMILES string of the molecule is CCCCCC(C)Nc1cc(C(N)=O)c(N)cn1. The normalized spacial score (nSPS) is 12.1. The highest BCUT2D eigenvalue weighted by molar-refractivity contribution is 5.98. The first-order valence-electron chi connectivity index (χ1n) is 6.36. The van der Waals surface area contributed by atoms with Crippen LogP contribution in [0.4, 0.5) is 11.5 Å². The molecule has 0 aliphatic heterocycles. The Balaban J connectivity index is 2.62. The third-order valence-corrected chi connectivity index (χ3v) is 2.84. The fraction of sp³-hybridized carbons (Fsp3) is 0.538. The van der Waals surface area contributed by atoms with Crippen LogP contribution in [0.3, 0.4) is 0 Å². The van der Waals surface area contributed by atoms with Crippen molar-refractivity contribution < 1.29 is 4.79 Å². The minimum absolute atomic E-state index is 0.312. The molecule has 1 aromatic heterocycles. The van der Waals surface area contributed by atoms with Gasteiger partial charge in [-0.15, -0.1) is 0 Å². The second-order valence-corrected chi connectivity index (χ2v) is 4.56. The van der Waals surface area contributed by atoms with Crippen LogP contribution in [-0.4, -0.2) is 16.9 Å². The first-order chi connectivity index (χ1) is 8.54. The second kappa shape index (κ2) is 6.83. The van der Waals surface area contributed by atoms with E-state index in [1.807, 2.05) is 0 Å². The summed E-state index contributed by atoms with van der Waals surface area (Å²) >= 11 is 0. The minimum atomic E-state index is -0.531. The molecule has 1 rings (SSSR count). The number of hydrogen-bond donors (Lipinski definition) is 3. The van der Waals surface area contributed by atoms with E-state index in [2.05, 4.69) is 24.1 Å². The van der Waals surface area contributed by atoms with Gasteiger partial charge in [-0.25, -0.2) is 4.98 Å². The Labute approximate surface area is 108 Å². The molecule has 0 saturated heterocycles. The van der Waals surface area contributed by atoms with E-state index in [9.17, 15) is 4.79 Å². The molecule has 18 heavy (non-hydrogen) atoms. The summed E-state index contributed by atoms with van der Waals surface area (Å²) in [6.45, 7) is 4.27. The number of carbonyl (C=O) groups excluding carboxylic acids is 1. The number of carbonyl (C=O) groups is 1. The number of unbranched alkanes of at least 4 members (excludes halogenated alkanes) is 2. The van der Waals surface area contributed by atoms with Crippen molar-refractivity contribution in [3.05, 3.63) is 17.8 Å². The Bertz CT molecular complexity index is 406. The highest BCUT2D eigenvalue weighted by Gasteiger charge is 2.09. The van der Waals surface area contributed by atoms with Crippen molar-refractivity contribution in [3.8, 4) is 0 Å². The number of nitrogen functional groups attached to an aromatic ring is 1. The van der Waals surface area contributed by atoms with E-state index in [-0.39, 0.29) is 0 Å². The molecule has 5 nitrogen and oxygen atoms in total. The maximum absolute atomic E-state index is 11.2. The summed E-state index contributed by atoms with van der Waals surface area (Å²) in [6, 6.07) is 1.92. The highest BCUT2D eigenvalue weighted by atomic mass is 16.1. The van der Waals surface area contributed by atoms with Crippen molar-refractivity contribution in [2.45, 2.75) is 45.6 Å². The molecule has 5 heteroatoms. The van der Waals surface area contributed by atoms with Crippen LogP contribution < -0.4 is 16.8 Å². The van der Waals surface area contributed by atoms with Gasteiger partial charge in [0, 0.05) is 6.04 Å². The van der Waals surface area contributed by atoms with Crippen LogP contribution in [0.5, 0.6) is 0 Å². The van der Waals surface area contributed by atoms with E-state index in [0.29, 0.717) is 23.1 Å². The summed E-state index contributed by atoms with van der Waals surface area (Å²) < 4.78 is 0. The van der Waals surface area contributed by atoms with Crippen molar-refractivity contribution in [3.63, 3.8) is 0 Å². The van der Waals surface area contributed by atoms with Crippen LogP contribution in [-0.2, 0) is 0 Å². The predicted molar refractivity (Wildman–Crippen MR) is 74.4 cm³/mol. The number of nitrogens with two attached hydrogens (primary N) is 2. The molecule has 5 N–H and O–H groups in total. The molecule has 0 bridgehead atoms. The minimum Gasteiger partial charge on any atom is -0.397 e. The Morgan fingerprint density at radius 1 is 1.50 bits per heavy atom. The van der Waals surface area contributed by atoms with Gasteiger partial charge in [-0.05, 0) is 19.4 Å². The zero-order valence-corrected chi connectivity index (χ0v) is 11.1. The summed E-state index contributed by atoms with van der Waals surface area (Å²) in [6.07, 6.45) is 6.15. The smallest absolute Gasteiger partial charge is 0.250 e. The fourth-order valence-corrected chi connectivity index (χ4v) is 1.78. The van der Waals surface area contributed by atoms with Gasteiger partial charge in [0.15, 0.2) is 0 Å². The average Bonchev–Trinajstić information content (AvgIpc) is 2.31. The average molecular weight is 250 g/mol. The van der Waals surface area contributed by atoms with Crippen LogP contribution >= 0.6 is 0 Å². The van der Waals surface area contributed by atoms with Gasteiger partial charge < -0.3 is 16.8 Å². The van der Waals surface area contributed by atoms with Crippen molar-refractivity contribution in [1.29, 1.82) is 0 Å². The molecule has 1 unspecified atom stereocenters. The van der Waals surface area contributed by atoms with Crippen LogP contribution in [0.25, 0.3) is 0 Å². The number of anilines is 2. The van der Waals surface area contributed by atoms with Crippen LogP contribution in [0.15, 0.2) is 12.3 Å². The number of amides is 1. The molecule has 1 aromatic rings. The molecule has 1 heterocycles. The quantitative estimate of drug-likeness (QED) is 0.646. The molecule has 0 radical (unpaired) electrons. The lowest BCUT2D eigenvalue weighted by molar-refractivity contribution is 0.100. The maximum Gasteiger partial charge on any atom is 0.250 e. The lowest BCUT2D eigenvalue weighted by atomic mass is 10.1. The van der Waals surface area contributed by atoms with Crippen molar-refractivity contribution in [1.82, 2.24) is 4.98 Å². The zero-order chi connectivity index (χ0) is 13.5. The molecule has 0 spiro atoms. The molecule has 0 aliphatic carbocycles. The third kappa shape index (κ3) is 4.24. The Morgan fingerprint density at radius 2 is 2.22 bits per heavy atom. The van der Waals surface area contributed by atoms with Crippen LogP contribution in [0.2, 0.25) is 0 Å². The molecule has 1 amide bonds. The zero-order valence-electron chi connectivity index (χ0n) is 11.1.